The average molecular weight is 281 g/mol. The van der Waals surface area contributed by atoms with E-state index in [4.69, 9.17) is 0 Å². The quantitative estimate of drug-likeness (QED) is 0.905. The molecule has 1 saturated carbocycles. The SMILES string of the molecule is O=C(Nc1ccc2c(c1)CCCN2)c1cccn1C1CC1. The lowest BCUT2D eigenvalue weighted by molar-refractivity contribution is 0.101. The number of fused-ring (bicyclic) bond motifs is 1. The summed E-state index contributed by atoms with van der Waals surface area (Å²) < 4.78 is 2.09. The zero-order chi connectivity index (χ0) is 14.2. The van der Waals surface area contributed by atoms with Gasteiger partial charge in [0.1, 0.15) is 5.69 Å². The molecule has 2 aliphatic rings. The molecule has 1 aromatic heterocycles. The highest BCUT2D eigenvalue weighted by molar-refractivity contribution is 6.03. The second kappa shape index (κ2) is 4.95. The Morgan fingerprint density at radius 1 is 1.29 bits per heavy atom. The smallest absolute Gasteiger partial charge is 0.272 e. The van der Waals surface area contributed by atoms with Crippen LogP contribution in [-0.2, 0) is 6.42 Å². The van der Waals surface area contributed by atoms with E-state index in [-0.39, 0.29) is 5.91 Å². The van der Waals surface area contributed by atoms with Crippen LogP contribution in [0.15, 0.2) is 36.5 Å². The summed E-state index contributed by atoms with van der Waals surface area (Å²) >= 11 is 0. The van der Waals surface area contributed by atoms with Crippen LogP contribution in [0.5, 0.6) is 0 Å². The molecular weight excluding hydrogens is 262 g/mol. The second-order valence-electron chi connectivity index (χ2n) is 5.89. The Bertz CT molecular complexity index is 685. The molecule has 108 valence electrons. The molecular formula is C17H19N3O. The molecule has 21 heavy (non-hydrogen) atoms. The van der Waals surface area contributed by atoms with E-state index in [0.29, 0.717) is 6.04 Å². The van der Waals surface area contributed by atoms with Crippen molar-refractivity contribution in [2.45, 2.75) is 31.7 Å². The summed E-state index contributed by atoms with van der Waals surface area (Å²) in [5.41, 5.74) is 4.12. The number of rotatable bonds is 3. The number of nitrogens with one attached hydrogen (secondary N) is 2. The molecule has 1 aromatic carbocycles. The third-order valence-corrected chi connectivity index (χ3v) is 4.25. The Labute approximate surface area is 124 Å². The van der Waals surface area contributed by atoms with Crippen molar-refractivity contribution in [2.75, 3.05) is 17.2 Å². The summed E-state index contributed by atoms with van der Waals surface area (Å²) in [5, 5.41) is 6.42. The van der Waals surface area contributed by atoms with Crippen molar-refractivity contribution < 1.29 is 4.79 Å². The molecule has 1 amide bonds. The molecule has 0 spiro atoms. The number of benzene rings is 1. The molecule has 4 heteroatoms. The molecule has 2 aromatic rings. The fourth-order valence-electron chi connectivity index (χ4n) is 3.01. The highest BCUT2D eigenvalue weighted by atomic mass is 16.1. The fourth-order valence-corrected chi connectivity index (χ4v) is 3.01. The van der Waals surface area contributed by atoms with Gasteiger partial charge in [0.25, 0.3) is 5.91 Å². The molecule has 1 fully saturated rings. The highest BCUT2D eigenvalue weighted by Gasteiger charge is 2.26. The van der Waals surface area contributed by atoms with E-state index < -0.39 is 0 Å². The van der Waals surface area contributed by atoms with Crippen LogP contribution in [0.4, 0.5) is 11.4 Å². The van der Waals surface area contributed by atoms with E-state index in [1.54, 1.807) is 0 Å². The van der Waals surface area contributed by atoms with Crippen molar-refractivity contribution in [3.63, 3.8) is 0 Å². The molecule has 2 heterocycles. The summed E-state index contributed by atoms with van der Waals surface area (Å²) in [4.78, 5) is 12.4. The minimum Gasteiger partial charge on any atom is -0.385 e. The number of hydrogen-bond acceptors (Lipinski definition) is 2. The third kappa shape index (κ3) is 2.42. The van der Waals surface area contributed by atoms with Crippen LogP contribution in [0, 0.1) is 0 Å². The predicted molar refractivity (Wildman–Crippen MR) is 83.9 cm³/mol. The summed E-state index contributed by atoms with van der Waals surface area (Å²) in [6, 6.07) is 10.5. The number of aryl methyl sites for hydroxylation is 1. The van der Waals surface area contributed by atoms with Crippen molar-refractivity contribution in [1.82, 2.24) is 4.57 Å². The number of anilines is 2. The monoisotopic (exact) mass is 281 g/mol. The lowest BCUT2D eigenvalue weighted by atomic mass is 10.0. The molecule has 4 rings (SSSR count). The van der Waals surface area contributed by atoms with Gasteiger partial charge in [-0.2, -0.15) is 0 Å². The molecule has 0 radical (unpaired) electrons. The van der Waals surface area contributed by atoms with E-state index >= 15 is 0 Å². The first-order valence-corrected chi connectivity index (χ1v) is 7.66. The Morgan fingerprint density at radius 2 is 2.19 bits per heavy atom. The maximum atomic E-state index is 12.4. The van der Waals surface area contributed by atoms with Gasteiger partial charge in [-0.1, -0.05) is 0 Å². The average Bonchev–Trinajstić information content (AvgIpc) is 3.24. The fraction of sp³-hybridized carbons (Fsp3) is 0.353. The van der Waals surface area contributed by atoms with Gasteiger partial charge >= 0.3 is 0 Å². The van der Waals surface area contributed by atoms with Gasteiger partial charge in [-0.05, 0) is 61.6 Å². The van der Waals surface area contributed by atoms with Gasteiger partial charge in [0.2, 0.25) is 0 Å². The van der Waals surface area contributed by atoms with Crippen molar-refractivity contribution in [2.24, 2.45) is 0 Å². The Balaban J connectivity index is 1.55. The zero-order valence-electron chi connectivity index (χ0n) is 11.9. The topological polar surface area (TPSA) is 46.1 Å². The van der Waals surface area contributed by atoms with Crippen LogP contribution in [-0.4, -0.2) is 17.0 Å². The van der Waals surface area contributed by atoms with Gasteiger partial charge in [-0.15, -0.1) is 0 Å². The van der Waals surface area contributed by atoms with E-state index in [1.807, 2.05) is 24.4 Å². The number of nitrogens with zero attached hydrogens (tertiary/aromatic N) is 1. The third-order valence-electron chi connectivity index (χ3n) is 4.25. The molecule has 0 unspecified atom stereocenters. The number of aromatic nitrogens is 1. The normalized spacial score (nSPS) is 17.0. The van der Waals surface area contributed by atoms with Crippen molar-refractivity contribution in [3.05, 3.63) is 47.8 Å². The molecule has 4 nitrogen and oxygen atoms in total. The van der Waals surface area contributed by atoms with E-state index in [1.165, 1.54) is 24.1 Å². The first-order valence-electron chi connectivity index (χ1n) is 7.66. The largest absolute Gasteiger partial charge is 0.385 e. The Kier molecular flexibility index (Phi) is 2.95. The standard InChI is InChI=1S/C17H19N3O/c21-17(16-4-2-10-20(16)14-6-7-14)19-13-5-8-15-12(11-13)3-1-9-18-15/h2,4-5,8,10-11,14,18H,1,3,6-7,9H2,(H,19,21). The highest BCUT2D eigenvalue weighted by Crippen LogP contribution is 2.36. The molecule has 2 N–H and O–H groups in total. The van der Waals surface area contributed by atoms with Gasteiger partial charge in [0, 0.05) is 30.2 Å². The second-order valence-corrected chi connectivity index (χ2v) is 5.89. The summed E-state index contributed by atoms with van der Waals surface area (Å²) in [7, 11) is 0. The van der Waals surface area contributed by atoms with Crippen molar-refractivity contribution in [1.29, 1.82) is 0 Å². The lowest BCUT2D eigenvalue weighted by Crippen LogP contribution is -2.17. The Hall–Kier alpha value is -2.23. The van der Waals surface area contributed by atoms with Gasteiger partial charge < -0.3 is 15.2 Å². The van der Waals surface area contributed by atoms with Crippen LogP contribution < -0.4 is 10.6 Å². The maximum absolute atomic E-state index is 12.4. The zero-order valence-corrected chi connectivity index (χ0v) is 11.9. The molecule has 0 atom stereocenters. The van der Waals surface area contributed by atoms with E-state index in [2.05, 4.69) is 27.3 Å². The van der Waals surface area contributed by atoms with E-state index in [9.17, 15) is 4.79 Å². The molecule has 0 bridgehead atoms. The van der Waals surface area contributed by atoms with Crippen LogP contribution in [0.2, 0.25) is 0 Å². The minimum atomic E-state index is -0.0179. The van der Waals surface area contributed by atoms with Gasteiger partial charge in [-0.3, -0.25) is 4.79 Å². The number of amides is 1. The minimum absolute atomic E-state index is 0.0179. The van der Waals surface area contributed by atoms with Crippen molar-refractivity contribution in [3.8, 4) is 0 Å². The molecule has 1 aliphatic carbocycles. The summed E-state index contributed by atoms with van der Waals surface area (Å²) in [6.07, 6.45) is 6.59. The number of carbonyl (C=O) groups is 1. The Morgan fingerprint density at radius 3 is 3.05 bits per heavy atom. The van der Waals surface area contributed by atoms with Gasteiger partial charge in [-0.25, -0.2) is 0 Å². The molecule has 1 aliphatic heterocycles. The summed E-state index contributed by atoms with van der Waals surface area (Å²) in [6.45, 7) is 1.04. The van der Waals surface area contributed by atoms with Crippen LogP contribution in [0.1, 0.15) is 41.4 Å². The van der Waals surface area contributed by atoms with Crippen LogP contribution in [0.25, 0.3) is 0 Å². The van der Waals surface area contributed by atoms with Crippen LogP contribution in [0.3, 0.4) is 0 Å². The van der Waals surface area contributed by atoms with Crippen molar-refractivity contribution >= 4 is 17.3 Å². The number of carbonyl (C=O) groups excluding carboxylic acids is 1. The predicted octanol–water partition coefficient (Wildman–Crippen LogP) is 3.43. The van der Waals surface area contributed by atoms with Gasteiger partial charge in [0.15, 0.2) is 0 Å². The molecule has 0 saturated heterocycles. The van der Waals surface area contributed by atoms with E-state index in [0.717, 1.165) is 30.8 Å². The van der Waals surface area contributed by atoms with Crippen LogP contribution >= 0.6 is 0 Å². The van der Waals surface area contributed by atoms with Gasteiger partial charge in [0.05, 0.1) is 0 Å². The first-order chi connectivity index (χ1) is 10.3. The summed E-state index contributed by atoms with van der Waals surface area (Å²) in [5.74, 6) is -0.0179. The first kappa shape index (κ1) is 12.5. The lowest BCUT2D eigenvalue weighted by Gasteiger charge is -2.19. The number of hydrogen-bond donors (Lipinski definition) is 2. The maximum Gasteiger partial charge on any atom is 0.272 e.